The fraction of sp³-hybridized carbons (Fsp3) is 0.150. The first-order valence-electron chi connectivity index (χ1n) is 22.4. The third-order valence-corrected chi connectivity index (χ3v) is 15.0. The molecule has 10 aromatic rings. The molecule has 8 aromatic carbocycles. The molecule has 11 rings (SSSR count). The second-order valence-electron chi connectivity index (χ2n) is 18.9. The average Bonchev–Trinajstić information content (AvgIpc) is 3.72. The van der Waals surface area contributed by atoms with Crippen molar-refractivity contribution in [3.8, 4) is 73.2 Å². The summed E-state index contributed by atoms with van der Waals surface area (Å²) in [4.78, 5) is 15.3. The molecule has 4 heteroatoms. The highest BCUT2D eigenvalue weighted by molar-refractivity contribution is 6.11. The van der Waals surface area contributed by atoms with Crippen molar-refractivity contribution in [2.75, 3.05) is 0 Å². The quantitative estimate of drug-likeness (QED) is 0.161. The smallest absolute Gasteiger partial charge is 0.164 e. The highest BCUT2D eigenvalue weighted by Crippen LogP contribution is 2.62. The second-order valence-corrected chi connectivity index (χ2v) is 18.9. The van der Waals surface area contributed by atoms with Gasteiger partial charge < -0.3 is 4.57 Å². The summed E-state index contributed by atoms with van der Waals surface area (Å²) in [5.74, 6) is 1.92. The molecule has 0 spiro atoms. The van der Waals surface area contributed by atoms with Crippen LogP contribution in [-0.2, 0) is 10.8 Å². The molecule has 2 aromatic heterocycles. The minimum absolute atomic E-state index is 0.000950. The summed E-state index contributed by atoms with van der Waals surface area (Å²) < 4.78 is 2.51. The van der Waals surface area contributed by atoms with Crippen LogP contribution in [0.4, 0.5) is 0 Å². The summed E-state index contributed by atoms with van der Waals surface area (Å²) in [7, 11) is 0. The van der Waals surface area contributed by atoms with Gasteiger partial charge in [0, 0.05) is 33.0 Å². The van der Waals surface area contributed by atoms with Crippen molar-refractivity contribution in [3.63, 3.8) is 0 Å². The first kappa shape index (κ1) is 39.4. The molecule has 0 aliphatic heterocycles. The van der Waals surface area contributed by atoms with Gasteiger partial charge in [0.1, 0.15) is 0 Å². The van der Waals surface area contributed by atoms with Crippen molar-refractivity contribution in [2.45, 2.75) is 52.4 Å². The number of rotatable bonds is 7. The Labute approximate surface area is 376 Å². The van der Waals surface area contributed by atoms with E-state index in [2.05, 4.69) is 216 Å². The maximum Gasteiger partial charge on any atom is 0.164 e. The predicted octanol–water partition coefficient (Wildman–Crippen LogP) is 15.6. The highest BCUT2D eigenvalue weighted by Gasteiger charge is 2.57. The van der Waals surface area contributed by atoms with Gasteiger partial charge >= 0.3 is 0 Å². The number of benzene rings is 8. The van der Waals surface area contributed by atoms with Gasteiger partial charge in [0.2, 0.25) is 0 Å². The van der Waals surface area contributed by atoms with Crippen LogP contribution >= 0.6 is 0 Å². The fourth-order valence-electron chi connectivity index (χ4n) is 10.2. The van der Waals surface area contributed by atoms with E-state index in [1.54, 1.807) is 0 Å². The average molecular weight is 827 g/mol. The van der Waals surface area contributed by atoms with Crippen molar-refractivity contribution >= 4 is 21.8 Å². The van der Waals surface area contributed by atoms with E-state index < -0.39 is 0 Å². The maximum absolute atomic E-state index is 5.16. The van der Waals surface area contributed by atoms with E-state index in [9.17, 15) is 0 Å². The first-order valence-corrected chi connectivity index (χ1v) is 22.4. The van der Waals surface area contributed by atoms with E-state index in [0.717, 1.165) is 33.4 Å². The Balaban J connectivity index is 1.09. The Morgan fingerprint density at radius 3 is 1.39 bits per heavy atom. The van der Waals surface area contributed by atoms with Crippen LogP contribution in [0.25, 0.3) is 95.0 Å². The highest BCUT2D eigenvalue weighted by atomic mass is 15.0. The summed E-state index contributed by atoms with van der Waals surface area (Å²) in [6.45, 7) is 14.6. The Kier molecular flexibility index (Phi) is 9.15. The second kappa shape index (κ2) is 14.8. The molecule has 64 heavy (non-hydrogen) atoms. The molecule has 0 saturated carbocycles. The van der Waals surface area contributed by atoms with Gasteiger partial charge in [-0.2, -0.15) is 0 Å². The third kappa shape index (κ3) is 6.23. The molecule has 0 fully saturated rings. The van der Waals surface area contributed by atoms with Crippen LogP contribution in [0.2, 0.25) is 0 Å². The number of nitrogens with zero attached hydrogens (tertiary/aromatic N) is 4. The van der Waals surface area contributed by atoms with Gasteiger partial charge in [-0.15, -0.1) is 0 Å². The number of para-hydroxylation sites is 1. The third-order valence-electron chi connectivity index (χ3n) is 15.0. The fourth-order valence-corrected chi connectivity index (χ4v) is 10.2. The van der Waals surface area contributed by atoms with Crippen molar-refractivity contribution in [3.05, 3.63) is 205 Å². The Hall–Kier alpha value is -7.43. The summed E-state index contributed by atoms with van der Waals surface area (Å²) in [6, 6.07) is 69.5. The molecule has 1 aliphatic rings. The van der Waals surface area contributed by atoms with Gasteiger partial charge in [-0.1, -0.05) is 199 Å². The van der Waals surface area contributed by atoms with Crippen molar-refractivity contribution in [2.24, 2.45) is 5.41 Å². The molecule has 2 heterocycles. The predicted molar refractivity (Wildman–Crippen MR) is 267 cm³/mol. The summed E-state index contributed by atoms with van der Waals surface area (Å²) in [6.07, 6.45) is 0. The zero-order valence-corrected chi connectivity index (χ0v) is 37.3. The van der Waals surface area contributed by atoms with Crippen LogP contribution in [0, 0.1) is 5.41 Å². The lowest BCUT2D eigenvalue weighted by Crippen LogP contribution is -2.42. The topological polar surface area (TPSA) is 43.6 Å². The van der Waals surface area contributed by atoms with E-state index in [-0.39, 0.29) is 16.2 Å². The van der Waals surface area contributed by atoms with Gasteiger partial charge in [0.25, 0.3) is 0 Å². The van der Waals surface area contributed by atoms with Gasteiger partial charge in [0.05, 0.1) is 16.7 Å². The molecule has 310 valence electrons. The van der Waals surface area contributed by atoms with E-state index >= 15 is 0 Å². The normalized spacial score (nSPS) is 14.8. The lowest BCUT2D eigenvalue weighted by Gasteiger charge is -2.44. The minimum atomic E-state index is -0.0737. The minimum Gasteiger partial charge on any atom is -0.309 e. The number of fused-ring (bicyclic) bond motifs is 4. The Morgan fingerprint density at radius 2 is 0.766 bits per heavy atom. The monoisotopic (exact) mass is 826 g/mol. The van der Waals surface area contributed by atoms with E-state index in [1.165, 1.54) is 55.3 Å². The standard InChI is InChI=1S/C60H50N4/c1-58(2)50-37-48(54(38-51(50)59(3,4)60(58,5)6)64-52-28-17-16-27-47(52)49-36-45(33-34-53(49)64)40-21-12-8-13-22-40)41-29-31-43(32-30-41)56-61-55(42-23-14-9-15-24-42)62-57(63-56)46-26-18-25-44(35-46)39-19-10-7-11-20-39/h7-38H,1-6H3. The van der Waals surface area contributed by atoms with Crippen molar-refractivity contribution in [1.82, 2.24) is 19.5 Å². The zero-order chi connectivity index (χ0) is 43.8. The molecule has 0 unspecified atom stereocenters. The van der Waals surface area contributed by atoms with E-state index in [1.807, 2.05) is 24.3 Å². The molecule has 0 bridgehead atoms. The number of aromatic nitrogens is 4. The molecule has 0 atom stereocenters. The largest absolute Gasteiger partial charge is 0.309 e. The summed E-state index contributed by atoms with van der Waals surface area (Å²) >= 11 is 0. The summed E-state index contributed by atoms with van der Waals surface area (Å²) in [5.41, 5.74) is 16.1. The lowest BCUT2D eigenvalue weighted by molar-refractivity contribution is 0.125. The molecule has 0 amide bonds. The summed E-state index contributed by atoms with van der Waals surface area (Å²) in [5, 5.41) is 2.49. The maximum atomic E-state index is 5.16. The Bertz CT molecular complexity index is 3380. The van der Waals surface area contributed by atoms with E-state index in [0.29, 0.717) is 17.5 Å². The lowest BCUT2D eigenvalue weighted by atomic mass is 9.59. The Morgan fingerprint density at radius 1 is 0.328 bits per heavy atom. The van der Waals surface area contributed by atoms with Gasteiger partial charge in [0.15, 0.2) is 17.5 Å². The van der Waals surface area contributed by atoms with Crippen LogP contribution in [-0.4, -0.2) is 19.5 Å². The molecule has 4 nitrogen and oxygen atoms in total. The zero-order valence-electron chi connectivity index (χ0n) is 37.3. The van der Waals surface area contributed by atoms with Crippen molar-refractivity contribution in [1.29, 1.82) is 0 Å². The number of hydrogen-bond donors (Lipinski definition) is 0. The SMILES string of the molecule is CC1(C)c2cc(-c3ccc(-c4nc(-c5ccccc5)nc(-c5cccc(-c6ccccc6)c5)n4)cc3)c(-n3c4ccccc4c4cc(-c5ccccc5)ccc43)cc2C(C)(C)C1(C)C. The van der Waals surface area contributed by atoms with E-state index in [4.69, 9.17) is 15.0 Å². The first-order chi connectivity index (χ1) is 31.0. The van der Waals surface area contributed by atoms with Crippen LogP contribution in [0.15, 0.2) is 194 Å². The van der Waals surface area contributed by atoms with Crippen LogP contribution < -0.4 is 0 Å². The molecule has 0 radical (unpaired) electrons. The number of hydrogen-bond acceptors (Lipinski definition) is 3. The van der Waals surface area contributed by atoms with Crippen LogP contribution in [0.5, 0.6) is 0 Å². The molecule has 0 saturated heterocycles. The molecular formula is C60H50N4. The van der Waals surface area contributed by atoms with Crippen molar-refractivity contribution < 1.29 is 0 Å². The molecular weight excluding hydrogens is 777 g/mol. The van der Waals surface area contributed by atoms with Gasteiger partial charge in [-0.3, -0.25) is 0 Å². The molecule has 1 aliphatic carbocycles. The van der Waals surface area contributed by atoms with Gasteiger partial charge in [-0.25, -0.2) is 15.0 Å². The molecule has 0 N–H and O–H groups in total. The van der Waals surface area contributed by atoms with Gasteiger partial charge in [-0.05, 0) is 91.6 Å². The van der Waals surface area contributed by atoms with Crippen LogP contribution in [0.3, 0.4) is 0 Å². The van der Waals surface area contributed by atoms with Crippen LogP contribution in [0.1, 0.15) is 52.7 Å².